The van der Waals surface area contributed by atoms with E-state index in [2.05, 4.69) is 0 Å². The molecule has 0 atom stereocenters. The van der Waals surface area contributed by atoms with E-state index >= 15 is 4.79 Å². The van der Waals surface area contributed by atoms with E-state index in [1.54, 1.807) is 0 Å². The van der Waals surface area contributed by atoms with E-state index in [9.17, 15) is 9.59 Å². The first-order valence-electron chi connectivity index (χ1n) is 14.6. The van der Waals surface area contributed by atoms with E-state index in [4.69, 9.17) is 11.5 Å². The van der Waals surface area contributed by atoms with Crippen molar-refractivity contribution in [3.05, 3.63) is 0 Å². The third-order valence-electron chi connectivity index (χ3n) is 10.6. The van der Waals surface area contributed by atoms with Gasteiger partial charge < -0.3 is 11.5 Å². The fourth-order valence-electron chi connectivity index (χ4n) is 9.01. The highest BCUT2D eigenvalue weighted by atomic mass is 16.2. The zero-order chi connectivity index (χ0) is 24.2. The van der Waals surface area contributed by atoms with Crippen LogP contribution in [0.4, 0.5) is 0 Å². The molecule has 4 rings (SSSR count). The lowest BCUT2D eigenvalue weighted by Crippen LogP contribution is -2.66. The minimum Gasteiger partial charge on any atom is -0.369 e. The summed E-state index contributed by atoms with van der Waals surface area (Å²) in [6.07, 6.45) is 19.9. The second kappa shape index (κ2) is 11.1. The van der Waals surface area contributed by atoms with Crippen LogP contribution in [-0.4, -0.2) is 17.6 Å². The quantitative estimate of drug-likeness (QED) is 0.435. The van der Waals surface area contributed by atoms with Crippen molar-refractivity contribution in [2.24, 2.45) is 46.0 Å². The Morgan fingerprint density at radius 1 is 0.412 bits per heavy atom. The number of hydrogen-bond acceptors (Lipinski definition) is 3. The molecule has 0 aromatic heterocycles. The first kappa shape index (κ1) is 25.7. The van der Waals surface area contributed by atoms with E-state index in [1.807, 2.05) is 0 Å². The number of carbonyl (C=O) groups excluding carboxylic acids is 3. The lowest BCUT2D eigenvalue weighted by molar-refractivity contribution is -0.170. The van der Waals surface area contributed by atoms with Gasteiger partial charge in [-0.3, -0.25) is 14.4 Å². The molecule has 4 fully saturated rings. The molecule has 0 heterocycles. The number of rotatable bonds is 8. The minimum absolute atomic E-state index is 0.0414. The van der Waals surface area contributed by atoms with Crippen LogP contribution in [0.25, 0.3) is 0 Å². The van der Waals surface area contributed by atoms with Gasteiger partial charge in [-0.15, -0.1) is 0 Å². The largest absolute Gasteiger partial charge is 0.369 e. The Balaban J connectivity index is 1.89. The van der Waals surface area contributed by atoms with E-state index in [0.717, 1.165) is 128 Å². The maximum atomic E-state index is 15.4. The summed E-state index contributed by atoms with van der Waals surface area (Å²) in [7, 11) is 0. The summed E-state index contributed by atoms with van der Waals surface area (Å²) in [6.45, 7) is 0. The van der Waals surface area contributed by atoms with Gasteiger partial charge in [-0.1, -0.05) is 77.0 Å². The normalized spacial score (nSPS) is 25.2. The highest BCUT2D eigenvalue weighted by Crippen LogP contribution is 2.58. The van der Waals surface area contributed by atoms with Crippen LogP contribution < -0.4 is 11.5 Å². The van der Waals surface area contributed by atoms with Crippen molar-refractivity contribution < 1.29 is 14.4 Å². The van der Waals surface area contributed by atoms with Crippen LogP contribution >= 0.6 is 0 Å². The van der Waals surface area contributed by atoms with Gasteiger partial charge in [0.1, 0.15) is 10.8 Å². The molecule has 0 aromatic rings. The zero-order valence-electron chi connectivity index (χ0n) is 21.3. The van der Waals surface area contributed by atoms with Gasteiger partial charge in [0.2, 0.25) is 11.8 Å². The molecule has 5 nitrogen and oxygen atoms in total. The van der Waals surface area contributed by atoms with E-state index in [-0.39, 0.29) is 29.5 Å². The summed E-state index contributed by atoms with van der Waals surface area (Å²) in [5, 5.41) is 0. The maximum Gasteiger partial charge on any atom is 0.231 e. The average molecular weight is 473 g/mol. The summed E-state index contributed by atoms with van der Waals surface area (Å²) in [5.41, 5.74) is 10.3. The lowest BCUT2D eigenvalue weighted by atomic mass is 9.46. The van der Waals surface area contributed by atoms with E-state index in [1.165, 1.54) is 0 Å². The molecule has 4 aliphatic carbocycles. The second-order valence-electron chi connectivity index (χ2n) is 12.1. The van der Waals surface area contributed by atoms with Crippen LogP contribution in [0.15, 0.2) is 0 Å². The fourth-order valence-corrected chi connectivity index (χ4v) is 9.01. The molecular weight excluding hydrogens is 424 g/mol. The molecule has 2 amide bonds. The molecule has 0 aromatic carbocycles. The number of ketones is 1. The first-order chi connectivity index (χ1) is 16.5. The Bertz CT molecular complexity index is 628. The number of carbonyl (C=O) groups is 3. The summed E-state index contributed by atoms with van der Waals surface area (Å²) < 4.78 is 0. The molecular formula is C29H48N2O3. The first-order valence-corrected chi connectivity index (χ1v) is 14.6. The van der Waals surface area contributed by atoms with Gasteiger partial charge in [0.05, 0.1) is 0 Å². The number of nitrogens with two attached hydrogens (primary N) is 2. The molecule has 0 aliphatic heterocycles. The minimum atomic E-state index is -1.23. The molecule has 0 saturated heterocycles. The van der Waals surface area contributed by atoms with Crippen molar-refractivity contribution >= 4 is 17.6 Å². The van der Waals surface area contributed by atoms with Crippen molar-refractivity contribution in [2.75, 3.05) is 0 Å². The Kier molecular flexibility index (Phi) is 8.40. The predicted octanol–water partition coefficient (Wildman–Crippen LogP) is 5.82. The number of primary amides is 2. The molecule has 4 aliphatic rings. The van der Waals surface area contributed by atoms with Gasteiger partial charge in [-0.2, -0.15) is 0 Å². The monoisotopic (exact) mass is 472 g/mol. The fraction of sp³-hybridized carbons (Fsp3) is 0.897. The van der Waals surface area contributed by atoms with Crippen molar-refractivity contribution in [3.63, 3.8) is 0 Å². The van der Waals surface area contributed by atoms with Crippen molar-refractivity contribution in [1.82, 2.24) is 0 Å². The van der Waals surface area contributed by atoms with Crippen LogP contribution in [0.2, 0.25) is 0 Å². The molecule has 0 bridgehead atoms. The maximum absolute atomic E-state index is 15.4. The Hall–Kier alpha value is -1.39. The summed E-state index contributed by atoms with van der Waals surface area (Å²) >= 11 is 0. The third kappa shape index (κ3) is 4.34. The SMILES string of the molecule is NC(=O)C(C(=O)C(C(N)=O)(C1CCCCC1)C1CCCCC1)(C1CCCCC1)C1CCCCC1. The lowest BCUT2D eigenvalue weighted by Gasteiger charge is -2.54. The topological polar surface area (TPSA) is 103 Å². The molecule has 192 valence electrons. The molecule has 0 spiro atoms. The third-order valence-corrected chi connectivity index (χ3v) is 10.6. The average Bonchev–Trinajstić information content (AvgIpc) is 2.87. The van der Waals surface area contributed by atoms with Crippen molar-refractivity contribution in [3.8, 4) is 0 Å². The van der Waals surface area contributed by atoms with Crippen LogP contribution in [0.1, 0.15) is 128 Å². The molecule has 4 N–H and O–H groups in total. The van der Waals surface area contributed by atoms with Crippen molar-refractivity contribution in [2.45, 2.75) is 128 Å². The van der Waals surface area contributed by atoms with E-state index < -0.39 is 22.6 Å². The van der Waals surface area contributed by atoms with Crippen LogP contribution in [0.5, 0.6) is 0 Å². The highest BCUT2D eigenvalue weighted by Gasteiger charge is 2.66. The Morgan fingerprint density at radius 3 is 0.794 bits per heavy atom. The van der Waals surface area contributed by atoms with Crippen molar-refractivity contribution in [1.29, 1.82) is 0 Å². The van der Waals surface area contributed by atoms with Gasteiger partial charge in [-0.25, -0.2) is 0 Å². The molecule has 0 unspecified atom stereocenters. The molecule has 0 radical (unpaired) electrons. The molecule has 4 saturated carbocycles. The standard InChI is InChI=1S/C29H48N2O3/c30-26(33)28(21-13-5-1-6-14-21,22-15-7-2-8-16-22)25(32)29(27(31)34,23-17-9-3-10-18-23)24-19-11-4-12-20-24/h21-24H,1-20H2,(H2,30,33)(H2,31,34). The van der Waals surface area contributed by atoms with Crippen LogP contribution in [0.3, 0.4) is 0 Å². The van der Waals surface area contributed by atoms with E-state index in [0.29, 0.717) is 0 Å². The summed E-state index contributed by atoms with van der Waals surface area (Å²) in [4.78, 5) is 42.9. The zero-order valence-corrected chi connectivity index (χ0v) is 21.3. The van der Waals surface area contributed by atoms with Gasteiger partial charge in [0, 0.05) is 0 Å². The number of Topliss-reactive ketones (excluding diaryl/α,β-unsaturated/α-hetero) is 1. The highest BCUT2D eigenvalue weighted by molar-refractivity contribution is 6.17. The van der Waals surface area contributed by atoms with Crippen LogP contribution in [0, 0.1) is 34.5 Å². The summed E-state index contributed by atoms with van der Waals surface area (Å²) in [5.74, 6) is -1.18. The summed E-state index contributed by atoms with van der Waals surface area (Å²) in [6, 6.07) is 0. The van der Waals surface area contributed by atoms with Gasteiger partial charge in [-0.05, 0) is 75.0 Å². The smallest absolute Gasteiger partial charge is 0.231 e. The van der Waals surface area contributed by atoms with Gasteiger partial charge in [0.25, 0.3) is 0 Å². The molecule has 34 heavy (non-hydrogen) atoms. The second-order valence-corrected chi connectivity index (χ2v) is 12.1. The Morgan fingerprint density at radius 2 is 0.618 bits per heavy atom. The number of hydrogen-bond donors (Lipinski definition) is 2. The van der Waals surface area contributed by atoms with Gasteiger partial charge >= 0.3 is 0 Å². The number of amides is 2. The van der Waals surface area contributed by atoms with Crippen LogP contribution in [-0.2, 0) is 14.4 Å². The predicted molar refractivity (Wildman–Crippen MR) is 135 cm³/mol. The van der Waals surface area contributed by atoms with Gasteiger partial charge in [0.15, 0.2) is 5.78 Å². The Labute approximate surface area is 206 Å². The molecule has 5 heteroatoms.